The molecule has 0 aliphatic carbocycles. The summed E-state index contributed by atoms with van der Waals surface area (Å²) in [4.78, 5) is 19.1. The van der Waals surface area contributed by atoms with Crippen LogP contribution in [0, 0.1) is 0 Å². The number of benzene rings is 2. The summed E-state index contributed by atoms with van der Waals surface area (Å²) in [5.41, 5.74) is 2.06. The molecule has 1 amide bonds. The lowest BCUT2D eigenvalue weighted by Gasteiger charge is -2.20. The summed E-state index contributed by atoms with van der Waals surface area (Å²) >= 11 is 7.59. The van der Waals surface area contributed by atoms with Crippen LogP contribution < -0.4 is 5.32 Å². The highest BCUT2D eigenvalue weighted by atomic mass is 35.5. The molecule has 1 fully saturated rings. The molecule has 2 aromatic rings. The molecule has 1 atom stereocenters. The third kappa shape index (κ3) is 6.45. The molecular weight excluding hydrogens is 401 g/mol. The van der Waals surface area contributed by atoms with Crippen molar-refractivity contribution in [3.05, 3.63) is 65.2 Å². The van der Waals surface area contributed by atoms with Crippen LogP contribution >= 0.6 is 35.8 Å². The number of amidine groups is 1. The maximum Gasteiger partial charge on any atom is 0.226 e. The highest BCUT2D eigenvalue weighted by Gasteiger charge is 2.28. The number of amides is 1. The highest BCUT2D eigenvalue weighted by Crippen LogP contribution is 2.25. The Morgan fingerprint density at radius 2 is 1.93 bits per heavy atom. The smallest absolute Gasteiger partial charge is 0.226 e. The molecule has 0 saturated carbocycles. The quantitative estimate of drug-likeness (QED) is 0.729. The monoisotopic (exact) mass is 423 g/mol. The second-order valence-electron chi connectivity index (χ2n) is 6.23. The van der Waals surface area contributed by atoms with E-state index in [1.165, 1.54) is 5.56 Å². The van der Waals surface area contributed by atoms with Crippen LogP contribution in [-0.2, 0) is 11.2 Å². The predicted molar refractivity (Wildman–Crippen MR) is 118 cm³/mol. The van der Waals surface area contributed by atoms with Crippen LogP contribution in [0.2, 0.25) is 5.02 Å². The van der Waals surface area contributed by atoms with Crippen LogP contribution in [0.4, 0.5) is 5.69 Å². The molecule has 0 spiro atoms. The number of nitrogens with one attached hydrogen (secondary N) is 1. The van der Waals surface area contributed by atoms with Gasteiger partial charge in [0.25, 0.3) is 0 Å². The molecule has 0 bridgehead atoms. The Balaban J connectivity index is 0.00000261. The average molecular weight is 424 g/mol. The van der Waals surface area contributed by atoms with Gasteiger partial charge in [-0.25, -0.2) is 0 Å². The van der Waals surface area contributed by atoms with Crippen LogP contribution in [-0.4, -0.2) is 41.4 Å². The number of halogens is 2. The van der Waals surface area contributed by atoms with E-state index in [1.807, 2.05) is 37.4 Å². The molecule has 3 rings (SSSR count). The fourth-order valence-corrected chi connectivity index (χ4v) is 4.12. The normalized spacial score (nSPS) is 17.6. The van der Waals surface area contributed by atoms with Crippen LogP contribution in [0.5, 0.6) is 0 Å². The first kappa shape index (κ1) is 21.6. The number of hydrogen-bond acceptors (Lipinski definition) is 3. The Kier molecular flexibility index (Phi) is 8.48. The second kappa shape index (κ2) is 10.6. The summed E-state index contributed by atoms with van der Waals surface area (Å²) in [6.07, 6.45) is 1.38. The fourth-order valence-electron chi connectivity index (χ4n) is 2.78. The number of aliphatic imine (C=N–C) groups is 1. The molecule has 1 heterocycles. The van der Waals surface area contributed by atoms with E-state index < -0.39 is 0 Å². The number of rotatable bonds is 6. The van der Waals surface area contributed by atoms with Gasteiger partial charge in [0, 0.05) is 42.5 Å². The molecule has 1 unspecified atom stereocenters. The number of nitrogens with zero attached hydrogens (tertiary/aromatic N) is 2. The van der Waals surface area contributed by atoms with E-state index in [1.54, 1.807) is 23.9 Å². The average Bonchev–Trinajstić information content (AvgIpc) is 2.98. The van der Waals surface area contributed by atoms with E-state index in [9.17, 15) is 4.79 Å². The summed E-state index contributed by atoms with van der Waals surface area (Å²) in [7, 11) is 2.02. The third-order valence-corrected chi connectivity index (χ3v) is 5.77. The summed E-state index contributed by atoms with van der Waals surface area (Å²) < 4.78 is 0. The number of carbonyl (C=O) groups excluding carboxylic acids is 1. The Morgan fingerprint density at radius 1 is 1.22 bits per heavy atom. The molecule has 4 nitrogen and oxygen atoms in total. The zero-order valence-corrected chi connectivity index (χ0v) is 17.5. The van der Waals surface area contributed by atoms with Crippen molar-refractivity contribution in [3.8, 4) is 0 Å². The fraction of sp³-hybridized carbons (Fsp3) is 0.300. The van der Waals surface area contributed by atoms with Crippen molar-refractivity contribution in [2.75, 3.05) is 24.7 Å². The maximum absolute atomic E-state index is 12.3. The van der Waals surface area contributed by atoms with Gasteiger partial charge in [-0.3, -0.25) is 9.79 Å². The van der Waals surface area contributed by atoms with Gasteiger partial charge >= 0.3 is 0 Å². The molecule has 1 aliphatic rings. The Labute approximate surface area is 175 Å². The van der Waals surface area contributed by atoms with Gasteiger partial charge in [-0.15, -0.1) is 12.4 Å². The lowest BCUT2D eigenvalue weighted by Crippen LogP contribution is -2.33. The maximum atomic E-state index is 12.3. The molecular formula is C20H23Cl2N3OS. The third-order valence-electron chi connectivity index (χ3n) is 4.29. The van der Waals surface area contributed by atoms with E-state index in [2.05, 4.69) is 22.3 Å². The first-order valence-corrected chi connectivity index (χ1v) is 9.97. The first-order valence-electron chi connectivity index (χ1n) is 8.61. The van der Waals surface area contributed by atoms with Crippen LogP contribution in [0.1, 0.15) is 12.0 Å². The number of anilines is 1. The minimum Gasteiger partial charge on any atom is -0.350 e. The van der Waals surface area contributed by atoms with Crippen molar-refractivity contribution < 1.29 is 4.79 Å². The van der Waals surface area contributed by atoms with Crippen LogP contribution in [0.25, 0.3) is 0 Å². The molecule has 1 saturated heterocycles. The van der Waals surface area contributed by atoms with Gasteiger partial charge in [0.15, 0.2) is 5.17 Å². The van der Waals surface area contributed by atoms with Crippen molar-refractivity contribution in [3.63, 3.8) is 0 Å². The van der Waals surface area contributed by atoms with E-state index in [-0.39, 0.29) is 24.4 Å². The van der Waals surface area contributed by atoms with Crippen molar-refractivity contribution in [2.45, 2.75) is 18.9 Å². The lowest BCUT2D eigenvalue weighted by molar-refractivity contribution is -0.116. The number of thioether (sulfide) groups is 1. The van der Waals surface area contributed by atoms with Crippen molar-refractivity contribution in [1.82, 2.24) is 4.90 Å². The molecule has 1 aliphatic heterocycles. The molecule has 0 radical (unpaired) electrons. The van der Waals surface area contributed by atoms with Gasteiger partial charge in [0.1, 0.15) is 0 Å². The number of carbonyl (C=O) groups is 1. The van der Waals surface area contributed by atoms with Gasteiger partial charge in [-0.2, -0.15) is 0 Å². The zero-order valence-electron chi connectivity index (χ0n) is 15.1. The standard InChI is InChI=1S/C20H22ClN3OS.ClH/c1-24-18(13-19(25)23-17-9-7-16(21)8-10-17)14-26-20(24)22-12-11-15-5-3-2-4-6-15;/h2-10,18H,11-14H2,1H3,(H,23,25);1H/b22-20-;. The Bertz CT molecular complexity index is 769. The molecule has 2 aromatic carbocycles. The van der Waals surface area contributed by atoms with Gasteiger partial charge < -0.3 is 10.2 Å². The van der Waals surface area contributed by atoms with Gasteiger partial charge in [-0.05, 0) is 36.2 Å². The summed E-state index contributed by atoms with van der Waals surface area (Å²) in [5, 5.41) is 4.60. The SMILES string of the molecule is CN1/C(=N/CCc2ccccc2)SCC1CC(=O)Nc1ccc(Cl)cc1.Cl. The lowest BCUT2D eigenvalue weighted by atomic mass is 10.2. The predicted octanol–water partition coefficient (Wildman–Crippen LogP) is 4.74. The van der Waals surface area contributed by atoms with Crippen molar-refractivity contribution >= 4 is 52.5 Å². The minimum absolute atomic E-state index is 0. The summed E-state index contributed by atoms with van der Waals surface area (Å²) in [6, 6.07) is 17.7. The van der Waals surface area contributed by atoms with Gasteiger partial charge in [0.2, 0.25) is 5.91 Å². The zero-order chi connectivity index (χ0) is 18.4. The van der Waals surface area contributed by atoms with E-state index >= 15 is 0 Å². The Morgan fingerprint density at radius 3 is 2.63 bits per heavy atom. The Hall–Kier alpha value is -1.69. The molecule has 0 aromatic heterocycles. The highest BCUT2D eigenvalue weighted by molar-refractivity contribution is 8.14. The number of hydrogen-bond donors (Lipinski definition) is 1. The molecule has 144 valence electrons. The van der Waals surface area contributed by atoms with Gasteiger partial charge in [0.05, 0.1) is 0 Å². The van der Waals surface area contributed by atoms with E-state index in [0.29, 0.717) is 11.4 Å². The van der Waals surface area contributed by atoms with E-state index in [4.69, 9.17) is 16.6 Å². The molecule has 7 heteroatoms. The van der Waals surface area contributed by atoms with Crippen molar-refractivity contribution in [2.24, 2.45) is 4.99 Å². The summed E-state index contributed by atoms with van der Waals surface area (Å²) in [5.74, 6) is 0.893. The van der Waals surface area contributed by atoms with Crippen LogP contribution in [0.3, 0.4) is 0 Å². The molecule has 27 heavy (non-hydrogen) atoms. The topological polar surface area (TPSA) is 44.7 Å². The molecule has 1 N–H and O–H groups in total. The largest absolute Gasteiger partial charge is 0.350 e. The summed E-state index contributed by atoms with van der Waals surface area (Å²) in [6.45, 7) is 0.764. The minimum atomic E-state index is 0. The van der Waals surface area contributed by atoms with Crippen LogP contribution in [0.15, 0.2) is 59.6 Å². The van der Waals surface area contributed by atoms with Crippen molar-refractivity contribution in [1.29, 1.82) is 0 Å². The first-order chi connectivity index (χ1) is 12.6. The van der Waals surface area contributed by atoms with E-state index in [0.717, 1.165) is 29.6 Å². The van der Waals surface area contributed by atoms with Gasteiger partial charge in [-0.1, -0.05) is 53.7 Å². The second-order valence-corrected chi connectivity index (χ2v) is 7.66.